The lowest BCUT2D eigenvalue weighted by molar-refractivity contribution is -0.153. The minimum atomic E-state index is -1.81. The van der Waals surface area contributed by atoms with Gasteiger partial charge in [0.25, 0.3) is 0 Å². The lowest BCUT2D eigenvalue weighted by atomic mass is 10.0. The number of ether oxygens (including phenoxy) is 1. The molecule has 3 N–H and O–H groups in total. The average molecular weight is 226 g/mol. The van der Waals surface area contributed by atoms with Crippen LogP contribution >= 0.6 is 0 Å². The van der Waals surface area contributed by atoms with E-state index >= 15 is 0 Å². The van der Waals surface area contributed by atoms with Crippen LogP contribution in [0.4, 0.5) is 0 Å². The van der Waals surface area contributed by atoms with E-state index in [1.165, 1.54) is 0 Å². The summed E-state index contributed by atoms with van der Waals surface area (Å²) in [4.78, 5) is 10.5. The van der Waals surface area contributed by atoms with Crippen molar-refractivity contribution in [2.75, 3.05) is 7.11 Å². The molecule has 0 aromatic heterocycles. The second kappa shape index (κ2) is 5.60. The van der Waals surface area contributed by atoms with Crippen molar-refractivity contribution in [2.24, 2.45) is 0 Å². The molecule has 5 nitrogen and oxygen atoms in total. The van der Waals surface area contributed by atoms with Gasteiger partial charge in [0.05, 0.1) is 6.61 Å². The first-order valence-corrected chi connectivity index (χ1v) is 4.73. The van der Waals surface area contributed by atoms with E-state index in [2.05, 4.69) is 0 Å². The lowest BCUT2D eigenvalue weighted by Crippen LogP contribution is -2.27. The summed E-state index contributed by atoms with van der Waals surface area (Å²) in [5.74, 6) is -1.45. The Morgan fingerprint density at radius 3 is 2.31 bits per heavy atom. The van der Waals surface area contributed by atoms with Gasteiger partial charge in [-0.2, -0.15) is 0 Å². The van der Waals surface area contributed by atoms with Crippen LogP contribution in [0.3, 0.4) is 0 Å². The molecule has 1 aromatic carbocycles. The normalized spacial score (nSPS) is 14.4. The number of aliphatic carboxylic acids is 1. The second-order valence-corrected chi connectivity index (χ2v) is 3.40. The van der Waals surface area contributed by atoms with Crippen LogP contribution < -0.4 is 0 Å². The SMILES string of the molecule is COCc1ccc(C(O)C(O)C(=O)O)cc1. The number of carbonyl (C=O) groups is 1. The molecule has 5 heteroatoms. The van der Waals surface area contributed by atoms with Crippen LogP contribution in [0.2, 0.25) is 0 Å². The minimum absolute atomic E-state index is 0.356. The monoisotopic (exact) mass is 226 g/mol. The molecular formula is C11H14O5. The second-order valence-electron chi connectivity index (χ2n) is 3.40. The highest BCUT2D eigenvalue weighted by Gasteiger charge is 2.24. The molecule has 0 fully saturated rings. The van der Waals surface area contributed by atoms with Gasteiger partial charge in [-0.3, -0.25) is 0 Å². The van der Waals surface area contributed by atoms with E-state index in [-0.39, 0.29) is 0 Å². The zero-order chi connectivity index (χ0) is 12.1. The number of hydrogen-bond donors (Lipinski definition) is 3. The molecule has 0 aliphatic heterocycles. The van der Waals surface area contributed by atoms with Crippen LogP contribution in [0.25, 0.3) is 0 Å². The fourth-order valence-electron chi connectivity index (χ4n) is 1.30. The largest absolute Gasteiger partial charge is 0.479 e. The molecule has 0 aliphatic carbocycles. The van der Waals surface area contributed by atoms with Crippen molar-refractivity contribution in [1.82, 2.24) is 0 Å². The van der Waals surface area contributed by atoms with Crippen molar-refractivity contribution < 1.29 is 24.9 Å². The zero-order valence-electron chi connectivity index (χ0n) is 8.83. The van der Waals surface area contributed by atoms with Crippen LogP contribution in [0.15, 0.2) is 24.3 Å². The molecule has 0 saturated heterocycles. The van der Waals surface area contributed by atoms with E-state index in [1.54, 1.807) is 31.4 Å². The summed E-state index contributed by atoms with van der Waals surface area (Å²) in [6, 6.07) is 6.53. The third-order valence-corrected chi connectivity index (χ3v) is 2.18. The molecule has 2 atom stereocenters. The molecule has 88 valence electrons. The first kappa shape index (κ1) is 12.6. The fraction of sp³-hybridized carbons (Fsp3) is 0.364. The highest BCUT2D eigenvalue weighted by molar-refractivity contribution is 5.73. The minimum Gasteiger partial charge on any atom is -0.479 e. The molecule has 0 heterocycles. The van der Waals surface area contributed by atoms with E-state index in [1.807, 2.05) is 0 Å². The molecule has 0 bridgehead atoms. The molecule has 0 aliphatic rings. The highest BCUT2D eigenvalue weighted by atomic mass is 16.5. The third-order valence-electron chi connectivity index (χ3n) is 2.18. The van der Waals surface area contributed by atoms with Gasteiger partial charge < -0.3 is 20.1 Å². The van der Waals surface area contributed by atoms with Crippen molar-refractivity contribution >= 4 is 5.97 Å². The molecule has 1 rings (SSSR count). The van der Waals surface area contributed by atoms with Crippen molar-refractivity contribution in [3.63, 3.8) is 0 Å². The number of hydrogen-bond acceptors (Lipinski definition) is 4. The summed E-state index contributed by atoms with van der Waals surface area (Å²) in [6.45, 7) is 0.442. The molecular weight excluding hydrogens is 212 g/mol. The van der Waals surface area contributed by atoms with Gasteiger partial charge in [-0.05, 0) is 11.1 Å². The van der Waals surface area contributed by atoms with Gasteiger partial charge in [0, 0.05) is 7.11 Å². The average Bonchev–Trinajstić information content (AvgIpc) is 2.28. The van der Waals surface area contributed by atoms with Gasteiger partial charge >= 0.3 is 5.97 Å². The first-order chi connectivity index (χ1) is 7.56. The van der Waals surface area contributed by atoms with E-state index < -0.39 is 18.2 Å². The topological polar surface area (TPSA) is 87.0 Å². The maximum atomic E-state index is 10.5. The highest BCUT2D eigenvalue weighted by Crippen LogP contribution is 2.18. The van der Waals surface area contributed by atoms with Gasteiger partial charge in [-0.1, -0.05) is 24.3 Å². The lowest BCUT2D eigenvalue weighted by Gasteiger charge is -2.14. The molecule has 0 spiro atoms. The number of rotatable bonds is 5. The third kappa shape index (κ3) is 3.03. The Morgan fingerprint density at radius 1 is 1.31 bits per heavy atom. The van der Waals surface area contributed by atoms with Crippen molar-refractivity contribution in [3.05, 3.63) is 35.4 Å². The molecule has 1 aromatic rings. The standard InChI is InChI=1S/C11H14O5/c1-16-6-7-2-4-8(5-3-7)9(12)10(13)11(14)15/h2-5,9-10,12-13H,6H2,1H3,(H,14,15). The fourth-order valence-corrected chi connectivity index (χ4v) is 1.30. The Bertz CT molecular complexity index is 346. The Morgan fingerprint density at radius 2 is 1.88 bits per heavy atom. The van der Waals surface area contributed by atoms with Gasteiger partial charge in [0.15, 0.2) is 6.10 Å². The Hall–Kier alpha value is -1.43. The van der Waals surface area contributed by atoms with Crippen LogP contribution in [-0.2, 0) is 16.1 Å². The summed E-state index contributed by atoms with van der Waals surface area (Å²) >= 11 is 0. The summed E-state index contributed by atoms with van der Waals surface area (Å²) in [6.07, 6.45) is -3.23. The van der Waals surface area contributed by atoms with Crippen molar-refractivity contribution in [2.45, 2.75) is 18.8 Å². The smallest absolute Gasteiger partial charge is 0.335 e. The van der Waals surface area contributed by atoms with Gasteiger partial charge in [0.1, 0.15) is 6.10 Å². The Labute approximate surface area is 92.9 Å². The van der Waals surface area contributed by atoms with E-state index in [4.69, 9.17) is 14.9 Å². The van der Waals surface area contributed by atoms with E-state index in [9.17, 15) is 9.90 Å². The van der Waals surface area contributed by atoms with Crippen molar-refractivity contribution in [3.8, 4) is 0 Å². The summed E-state index contributed by atoms with van der Waals surface area (Å²) < 4.78 is 4.91. The van der Waals surface area contributed by atoms with Crippen LogP contribution in [-0.4, -0.2) is 34.5 Å². The van der Waals surface area contributed by atoms with Gasteiger partial charge in [-0.15, -0.1) is 0 Å². The molecule has 0 amide bonds. The maximum Gasteiger partial charge on any atom is 0.335 e. The predicted octanol–water partition coefficient (Wildman–Crippen LogP) is 0.312. The van der Waals surface area contributed by atoms with Crippen LogP contribution in [0, 0.1) is 0 Å². The summed E-state index contributed by atoms with van der Waals surface area (Å²) in [5, 5.41) is 27.2. The number of benzene rings is 1. The summed E-state index contributed by atoms with van der Waals surface area (Å²) in [5.41, 5.74) is 1.26. The maximum absolute atomic E-state index is 10.5. The van der Waals surface area contributed by atoms with Crippen molar-refractivity contribution in [1.29, 1.82) is 0 Å². The number of aliphatic hydroxyl groups is 2. The van der Waals surface area contributed by atoms with Crippen LogP contribution in [0.1, 0.15) is 17.2 Å². The number of aliphatic hydroxyl groups excluding tert-OH is 2. The summed E-state index contributed by atoms with van der Waals surface area (Å²) in [7, 11) is 1.57. The predicted molar refractivity (Wildman–Crippen MR) is 55.8 cm³/mol. The Kier molecular flexibility index (Phi) is 4.42. The first-order valence-electron chi connectivity index (χ1n) is 4.73. The zero-order valence-corrected chi connectivity index (χ0v) is 8.83. The molecule has 16 heavy (non-hydrogen) atoms. The van der Waals surface area contributed by atoms with E-state index in [0.29, 0.717) is 12.2 Å². The van der Waals surface area contributed by atoms with Crippen LogP contribution in [0.5, 0.6) is 0 Å². The number of methoxy groups -OCH3 is 1. The quantitative estimate of drug-likeness (QED) is 0.672. The van der Waals surface area contributed by atoms with Gasteiger partial charge in [-0.25, -0.2) is 4.79 Å². The van der Waals surface area contributed by atoms with E-state index in [0.717, 1.165) is 5.56 Å². The molecule has 0 saturated carbocycles. The Balaban J connectivity index is 2.77. The molecule has 0 radical (unpaired) electrons. The molecule has 2 unspecified atom stereocenters. The van der Waals surface area contributed by atoms with Gasteiger partial charge in [0.2, 0.25) is 0 Å². The number of carboxylic acids is 1. The number of carboxylic acid groups (broad SMARTS) is 1.